The lowest BCUT2D eigenvalue weighted by molar-refractivity contribution is 0.138. The van der Waals surface area contributed by atoms with E-state index in [-0.39, 0.29) is 23.4 Å². The predicted molar refractivity (Wildman–Crippen MR) is 223 cm³/mol. The van der Waals surface area contributed by atoms with Crippen molar-refractivity contribution in [3.8, 4) is 73.3 Å². The van der Waals surface area contributed by atoms with E-state index in [0.29, 0.717) is 28.6 Å². The highest BCUT2D eigenvalue weighted by molar-refractivity contribution is 5.75. The fourth-order valence-corrected chi connectivity index (χ4v) is 7.65. The molecule has 4 heteroatoms. The van der Waals surface area contributed by atoms with Crippen LogP contribution in [0.1, 0.15) is 51.7 Å². The van der Waals surface area contributed by atoms with E-state index in [4.69, 9.17) is 27.9 Å². The summed E-state index contributed by atoms with van der Waals surface area (Å²) >= 11 is 0. The summed E-state index contributed by atoms with van der Waals surface area (Å²) in [4.78, 5) is 15.3. The first-order chi connectivity index (χ1) is 30.1. The third-order valence-corrected chi connectivity index (χ3v) is 10.5. The van der Waals surface area contributed by atoms with Crippen LogP contribution < -0.4 is 4.74 Å². The second-order valence-electron chi connectivity index (χ2n) is 13.9. The van der Waals surface area contributed by atoms with Gasteiger partial charge in [-0.2, -0.15) is 0 Å². The van der Waals surface area contributed by atoms with Crippen molar-refractivity contribution in [1.82, 2.24) is 15.0 Å². The molecule has 6 unspecified atom stereocenters. The number of para-hydroxylation sites is 1. The van der Waals surface area contributed by atoms with Gasteiger partial charge in [0.1, 0.15) is 11.9 Å². The maximum atomic E-state index is 9.46. The van der Waals surface area contributed by atoms with Crippen LogP contribution >= 0.6 is 0 Å². The molecule has 1 aliphatic carbocycles. The predicted octanol–water partition coefficient (Wildman–Crippen LogP) is 12.7. The summed E-state index contributed by atoms with van der Waals surface area (Å²) in [6.07, 6.45) is -4.34. The Balaban J connectivity index is 1.14. The molecule has 0 spiro atoms. The summed E-state index contributed by atoms with van der Waals surface area (Å²) in [5, 5.41) is 0. The highest BCUT2D eigenvalue weighted by atomic mass is 16.5. The van der Waals surface area contributed by atoms with Crippen molar-refractivity contribution in [2.24, 2.45) is 0 Å². The molecule has 0 bridgehead atoms. The molecule has 1 fully saturated rings. The average molecular weight is 717 g/mol. The monoisotopic (exact) mass is 716 g/mol. The third-order valence-electron chi connectivity index (χ3n) is 10.5. The van der Waals surface area contributed by atoms with Gasteiger partial charge in [-0.05, 0) is 69.9 Å². The average Bonchev–Trinajstić information content (AvgIpc) is 3.73. The van der Waals surface area contributed by atoms with Crippen LogP contribution in [0.4, 0.5) is 0 Å². The minimum atomic E-state index is -1.19. The second-order valence-corrected chi connectivity index (χ2v) is 13.9. The van der Waals surface area contributed by atoms with Crippen molar-refractivity contribution in [2.45, 2.75) is 37.1 Å². The summed E-state index contributed by atoms with van der Waals surface area (Å²) < 4.78 is 68.5. The highest BCUT2D eigenvalue weighted by Crippen LogP contribution is 2.51. The molecule has 55 heavy (non-hydrogen) atoms. The van der Waals surface area contributed by atoms with Gasteiger partial charge in [-0.1, -0.05) is 170 Å². The molecule has 1 aromatic heterocycles. The molecule has 264 valence electrons. The van der Waals surface area contributed by atoms with Crippen molar-refractivity contribution in [1.29, 1.82) is 0 Å². The maximum absolute atomic E-state index is 9.46. The van der Waals surface area contributed by atoms with Gasteiger partial charge in [0.25, 0.3) is 0 Å². The molecule has 4 nitrogen and oxygen atoms in total. The Bertz CT molecular complexity index is 2840. The van der Waals surface area contributed by atoms with E-state index in [0.717, 1.165) is 44.5 Å². The highest BCUT2D eigenvalue weighted by Gasteiger charge is 2.42. The van der Waals surface area contributed by atoms with Crippen molar-refractivity contribution < 1.29 is 14.3 Å². The van der Waals surface area contributed by atoms with Crippen LogP contribution in [0.15, 0.2) is 182 Å². The number of ether oxygens (including phenoxy) is 1. The molecule has 2 aliphatic rings. The zero-order chi connectivity index (χ0) is 42.6. The van der Waals surface area contributed by atoms with E-state index in [1.165, 1.54) is 0 Å². The minimum absolute atomic E-state index is 0.00250. The fraction of sp³-hybridized carbons (Fsp3) is 0.118. The second kappa shape index (κ2) is 14.3. The number of rotatable bonds is 7. The lowest BCUT2D eigenvalue weighted by Crippen LogP contribution is -2.31. The molecule has 8 aromatic rings. The van der Waals surface area contributed by atoms with Crippen molar-refractivity contribution in [2.75, 3.05) is 0 Å². The van der Waals surface area contributed by atoms with E-state index in [2.05, 4.69) is 48.5 Å². The first kappa shape index (κ1) is 26.2. The molecule has 0 radical (unpaired) electrons. The van der Waals surface area contributed by atoms with Crippen molar-refractivity contribution >= 4 is 0 Å². The van der Waals surface area contributed by atoms with Crippen molar-refractivity contribution in [3.63, 3.8) is 0 Å². The van der Waals surface area contributed by atoms with Crippen molar-refractivity contribution in [3.05, 3.63) is 193 Å². The summed E-state index contributed by atoms with van der Waals surface area (Å²) in [5.41, 5.74) is 9.14. The molecule has 7 aromatic carbocycles. The molecule has 0 N–H and O–H groups in total. The Morgan fingerprint density at radius 2 is 0.891 bits per heavy atom. The lowest BCUT2D eigenvalue weighted by Gasteiger charge is -2.33. The number of benzene rings is 7. The molecule has 0 amide bonds. The maximum Gasteiger partial charge on any atom is 0.164 e. The first-order valence-corrected chi connectivity index (χ1v) is 18.5. The van der Waals surface area contributed by atoms with Gasteiger partial charge in [-0.3, -0.25) is 0 Å². The minimum Gasteiger partial charge on any atom is -0.489 e. The number of hydrogen-bond donors (Lipinski definition) is 0. The summed E-state index contributed by atoms with van der Waals surface area (Å²) in [6.45, 7) is 0. The van der Waals surface area contributed by atoms with Crippen LogP contribution in [-0.4, -0.2) is 21.1 Å². The third kappa shape index (κ3) is 6.51. The standard InChI is InChI=1S/C51H39N3O/c1-4-13-34(14-5-1)37-23-27-39(28-24-37)49-52-50(40-29-25-38(26-30-40)35-15-6-2-7-16-35)54-51(53-49)43-32-41(36-17-8-3-9-18-36)31-42(33-43)44-20-12-21-46-45-19-10-11-22-47(45)55-48(44)46/h1-11,13-19,22-33,44,46,48H,12,20-21H2/i10D,11D,12D,19D,20D,21D,22D. The molecular formula is C51H39N3O. The van der Waals surface area contributed by atoms with E-state index in [1.807, 2.05) is 109 Å². The number of aromatic nitrogens is 3. The van der Waals surface area contributed by atoms with E-state index < -0.39 is 49.2 Å². The van der Waals surface area contributed by atoms with Crippen LogP contribution in [0, 0.1) is 0 Å². The topological polar surface area (TPSA) is 47.9 Å². The van der Waals surface area contributed by atoms with Crippen LogP contribution in [0.5, 0.6) is 5.75 Å². The molecule has 10 rings (SSSR count). The van der Waals surface area contributed by atoms with Gasteiger partial charge in [-0.25, -0.2) is 15.0 Å². The summed E-state index contributed by atoms with van der Waals surface area (Å²) in [5.74, 6) is -0.290. The normalized spacial score (nSPS) is 23.0. The molecule has 6 atom stereocenters. The molecule has 2 heterocycles. The zero-order valence-electron chi connectivity index (χ0n) is 36.7. The van der Waals surface area contributed by atoms with Gasteiger partial charge in [0.2, 0.25) is 0 Å². The van der Waals surface area contributed by atoms with Gasteiger partial charge < -0.3 is 4.74 Å². The molecule has 1 saturated carbocycles. The lowest BCUT2D eigenvalue weighted by atomic mass is 9.73. The van der Waals surface area contributed by atoms with E-state index in [9.17, 15) is 1.37 Å². The Hall–Kier alpha value is -6.65. The number of nitrogens with zero attached hydrogens (tertiary/aromatic N) is 3. The van der Waals surface area contributed by atoms with E-state index >= 15 is 0 Å². The number of fused-ring (bicyclic) bond motifs is 3. The Labute approximate surface area is 332 Å². The Morgan fingerprint density at radius 1 is 0.455 bits per heavy atom. The van der Waals surface area contributed by atoms with Crippen LogP contribution in [0.25, 0.3) is 67.5 Å². The Kier molecular flexibility index (Phi) is 6.80. The molecular weight excluding hydrogens is 671 g/mol. The zero-order valence-corrected chi connectivity index (χ0v) is 29.7. The van der Waals surface area contributed by atoms with Crippen LogP contribution in [0.2, 0.25) is 0 Å². The largest absolute Gasteiger partial charge is 0.489 e. The molecule has 0 saturated heterocycles. The van der Waals surface area contributed by atoms with Crippen LogP contribution in [0.3, 0.4) is 0 Å². The number of hydrogen-bond acceptors (Lipinski definition) is 4. The van der Waals surface area contributed by atoms with Gasteiger partial charge in [0.15, 0.2) is 17.5 Å². The quantitative estimate of drug-likeness (QED) is 0.165. The summed E-state index contributed by atoms with van der Waals surface area (Å²) in [6, 6.07) is 50.9. The SMILES string of the molecule is [2H]c1c([2H])c([2H])c2c(c1[2H])OC1C(c3cc(-c4ccccc4)cc(-c4nc(-c5ccc(-c6ccccc6)cc5)nc(-c5ccc(-c6ccccc6)cc5)n4)c3)C([2H])C([2H])C([2H])C21. The van der Waals surface area contributed by atoms with E-state index in [1.54, 1.807) is 0 Å². The van der Waals surface area contributed by atoms with Gasteiger partial charge in [-0.15, -0.1) is 0 Å². The van der Waals surface area contributed by atoms with Gasteiger partial charge in [0.05, 0.1) is 5.48 Å². The van der Waals surface area contributed by atoms with Gasteiger partial charge in [0, 0.05) is 38.2 Å². The van der Waals surface area contributed by atoms with Crippen LogP contribution in [-0.2, 0) is 0 Å². The molecule has 1 aliphatic heterocycles. The Morgan fingerprint density at radius 3 is 1.45 bits per heavy atom. The first-order valence-electron chi connectivity index (χ1n) is 22.2. The smallest absolute Gasteiger partial charge is 0.164 e. The van der Waals surface area contributed by atoms with Gasteiger partial charge >= 0.3 is 0 Å². The fourth-order valence-electron chi connectivity index (χ4n) is 7.65. The summed E-state index contributed by atoms with van der Waals surface area (Å²) in [7, 11) is 0.